The summed E-state index contributed by atoms with van der Waals surface area (Å²) in [6.45, 7) is 3.73. The van der Waals surface area contributed by atoms with Crippen LogP contribution in [0.25, 0.3) is 0 Å². The number of nitrogens with one attached hydrogen (secondary N) is 1. The Bertz CT molecular complexity index is 515. The van der Waals surface area contributed by atoms with Crippen LogP contribution in [0.1, 0.15) is 37.0 Å². The summed E-state index contributed by atoms with van der Waals surface area (Å²) in [6.07, 6.45) is 0.0642. The zero-order valence-electron chi connectivity index (χ0n) is 11.5. The minimum Gasteiger partial charge on any atom is -0.370 e. The molecule has 0 bridgehead atoms. The van der Waals surface area contributed by atoms with Crippen LogP contribution in [0.15, 0.2) is 29.2 Å². The molecule has 0 aliphatic rings. The van der Waals surface area contributed by atoms with E-state index in [1.165, 1.54) is 0 Å². The number of amides is 2. The number of thioether (sulfide) groups is 1. The fraction of sp³-hybridized carbons (Fsp3) is 0.357. The number of carbonyl (C=O) groups excluding carboxylic acids is 3. The Morgan fingerprint density at radius 2 is 1.85 bits per heavy atom. The topological polar surface area (TPSA) is 89.3 Å². The quantitative estimate of drug-likeness (QED) is 0.622. The van der Waals surface area contributed by atoms with Gasteiger partial charge in [-0.25, -0.2) is 0 Å². The third-order valence-electron chi connectivity index (χ3n) is 2.40. The molecule has 3 N–H and O–H groups in total. The second-order valence-corrected chi connectivity index (χ2v) is 5.59. The maximum absolute atomic E-state index is 12.0. The molecule has 0 saturated heterocycles. The van der Waals surface area contributed by atoms with Gasteiger partial charge in [-0.3, -0.25) is 14.4 Å². The summed E-state index contributed by atoms with van der Waals surface area (Å²) >= 11 is 0.974. The van der Waals surface area contributed by atoms with Crippen molar-refractivity contribution in [3.05, 3.63) is 29.8 Å². The van der Waals surface area contributed by atoms with Crippen LogP contribution in [0.4, 0.5) is 4.79 Å². The van der Waals surface area contributed by atoms with E-state index < -0.39 is 5.91 Å². The number of carbonyl (C=O) groups is 3. The van der Waals surface area contributed by atoms with E-state index in [1.54, 1.807) is 24.3 Å². The summed E-state index contributed by atoms with van der Waals surface area (Å²) in [7, 11) is 0. The van der Waals surface area contributed by atoms with Crippen molar-refractivity contribution in [3.8, 4) is 0 Å². The second kappa shape index (κ2) is 7.69. The third kappa shape index (κ3) is 5.44. The van der Waals surface area contributed by atoms with Crippen LogP contribution in [0.3, 0.4) is 0 Å². The van der Waals surface area contributed by atoms with Gasteiger partial charge in [-0.2, -0.15) is 0 Å². The van der Waals surface area contributed by atoms with E-state index in [4.69, 9.17) is 5.73 Å². The van der Waals surface area contributed by atoms with Crippen LogP contribution in [0.5, 0.6) is 0 Å². The first-order chi connectivity index (χ1) is 9.40. The van der Waals surface area contributed by atoms with Crippen molar-refractivity contribution in [2.45, 2.75) is 37.6 Å². The van der Waals surface area contributed by atoms with Crippen LogP contribution in [-0.2, 0) is 4.79 Å². The lowest BCUT2D eigenvalue weighted by molar-refractivity contribution is -0.118. The van der Waals surface area contributed by atoms with E-state index in [0.717, 1.165) is 11.8 Å². The molecule has 0 radical (unpaired) electrons. The number of hydrogen-bond acceptors (Lipinski definition) is 4. The molecule has 6 heteroatoms. The van der Waals surface area contributed by atoms with E-state index in [-0.39, 0.29) is 29.9 Å². The van der Waals surface area contributed by atoms with Crippen LogP contribution in [-0.4, -0.2) is 23.0 Å². The number of rotatable bonds is 6. The lowest BCUT2D eigenvalue weighted by Crippen LogP contribution is -2.26. The monoisotopic (exact) mass is 294 g/mol. The largest absolute Gasteiger partial charge is 0.370 e. The molecule has 0 saturated carbocycles. The molecule has 1 rings (SSSR count). The Morgan fingerprint density at radius 1 is 1.20 bits per heavy atom. The highest BCUT2D eigenvalue weighted by Crippen LogP contribution is 2.24. The molecule has 0 heterocycles. The van der Waals surface area contributed by atoms with E-state index >= 15 is 0 Å². The number of ketones is 1. The molecule has 0 unspecified atom stereocenters. The molecular weight excluding hydrogens is 276 g/mol. The van der Waals surface area contributed by atoms with Crippen LogP contribution in [0, 0.1) is 0 Å². The minimum atomic E-state index is -0.513. The van der Waals surface area contributed by atoms with Gasteiger partial charge in [-0.15, -0.1) is 0 Å². The number of benzene rings is 1. The number of primary amides is 1. The summed E-state index contributed by atoms with van der Waals surface area (Å²) in [6, 6.07) is 6.88. The Labute approximate surface area is 122 Å². The lowest BCUT2D eigenvalue weighted by Gasteiger charge is -2.10. The Kier molecular flexibility index (Phi) is 6.24. The highest BCUT2D eigenvalue weighted by Gasteiger charge is 2.15. The van der Waals surface area contributed by atoms with Crippen molar-refractivity contribution in [2.24, 2.45) is 5.73 Å². The zero-order chi connectivity index (χ0) is 15.1. The fourth-order valence-corrected chi connectivity index (χ4v) is 2.46. The predicted molar refractivity (Wildman–Crippen MR) is 78.7 cm³/mol. The van der Waals surface area contributed by atoms with Crippen molar-refractivity contribution in [1.29, 1.82) is 0 Å². The van der Waals surface area contributed by atoms with Gasteiger partial charge in [0.2, 0.25) is 5.91 Å². The minimum absolute atomic E-state index is 0.00995. The summed E-state index contributed by atoms with van der Waals surface area (Å²) in [5.74, 6) is -0.703. The summed E-state index contributed by atoms with van der Waals surface area (Å²) in [5, 5.41) is 2.53. The van der Waals surface area contributed by atoms with E-state index in [1.807, 2.05) is 13.8 Å². The van der Waals surface area contributed by atoms with Gasteiger partial charge in [-0.05, 0) is 31.7 Å². The summed E-state index contributed by atoms with van der Waals surface area (Å²) < 4.78 is 0. The molecule has 20 heavy (non-hydrogen) atoms. The van der Waals surface area contributed by atoms with E-state index in [0.29, 0.717) is 10.5 Å². The normalized spacial score (nSPS) is 10.3. The average Bonchev–Trinajstić information content (AvgIpc) is 2.35. The fourth-order valence-electron chi connectivity index (χ4n) is 1.52. The van der Waals surface area contributed by atoms with Gasteiger partial charge in [0.25, 0.3) is 5.24 Å². The van der Waals surface area contributed by atoms with Crippen molar-refractivity contribution < 1.29 is 14.4 Å². The number of Topliss-reactive ketones (excluding diaryl/α,β-unsaturated/α-hetero) is 1. The molecular formula is C14H18N2O3S. The highest BCUT2D eigenvalue weighted by molar-refractivity contribution is 8.13. The third-order valence-corrected chi connectivity index (χ3v) is 3.27. The molecule has 2 amide bonds. The molecule has 5 nitrogen and oxygen atoms in total. The lowest BCUT2D eigenvalue weighted by atomic mass is 10.1. The van der Waals surface area contributed by atoms with Gasteiger partial charge in [-0.1, -0.05) is 18.2 Å². The Morgan fingerprint density at radius 3 is 2.45 bits per heavy atom. The highest BCUT2D eigenvalue weighted by atomic mass is 32.2. The Balaban J connectivity index is 2.79. The maximum Gasteiger partial charge on any atom is 0.284 e. The molecule has 108 valence electrons. The van der Waals surface area contributed by atoms with Gasteiger partial charge >= 0.3 is 0 Å². The van der Waals surface area contributed by atoms with Crippen molar-refractivity contribution in [2.75, 3.05) is 0 Å². The van der Waals surface area contributed by atoms with Gasteiger partial charge in [0, 0.05) is 29.3 Å². The van der Waals surface area contributed by atoms with Gasteiger partial charge in [0.15, 0.2) is 5.78 Å². The first-order valence-electron chi connectivity index (χ1n) is 6.29. The smallest absolute Gasteiger partial charge is 0.284 e. The maximum atomic E-state index is 12.0. The zero-order valence-corrected chi connectivity index (χ0v) is 12.3. The molecule has 1 aromatic carbocycles. The predicted octanol–water partition coefficient (Wildman–Crippen LogP) is 2.34. The standard InChI is InChI=1S/C14H18N2O3S/c1-9(2)16-14(19)20-12-6-4-3-5-10(12)11(17)7-8-13(15)18/h3-6,9H,7-8H2,1-2H3,(H2,15,18)(H,16,19). The van der Waals surface area contributed by atoms with Crippen molar-refractivity contribution in [1.82, 2.24) is 5.32 Å². The first-order valence-corrected chi connectivity index (χ1v) is 7.10. The molecule has 0 aliphatic heterocycles. The van der Waals surface area contributed by atoms with Crippen molar-refractivity contribution >= 4 is 28.7 Å². The second-order valence-electron chi connectivity index (χ2n) is 4.57. The number of hydrogen-bond donors (Lipinski definition) is 2. The number of nitrogens with two attached hydrogens (primary N) is 1. The summed E-state index contributed by atoms with van der Waals surface area (Å²) in [5.41, 5.74) is 5.47. The Hall–Kier alpha value is -1.82. The van der Waals surface area contributed by atoms with Gasteiger partial charge < -0.3 is 11.1 Å². The SMILES string of the molecule is CC(C)NC(=O)Sc1ccccc1C(=O)CCC(N)=O. The van der Waals surface area contributed by atoms with E-state index in [2.05, 4.69) is 5.32 Å². The van der Waals surface area contributed by atoms with E-state index in [9.17, 15) is 14.4 Å². The first kappa shape index (κ1) is 16.2. The molecule has 0 atom stereocenters. The average molecular weight is 294 g/mol. The molecule has 0 fully saturated rings. The van der Waals surface area contributed by atoms with Crippen LogP contribution in [0.2, 0.25) is 0 Å². The molecule has 0 aliphatic carbocycles. The summed E-state index contributed by atoms with van der Waals surface area (Å²) in [4.78, 5) is 35.1. The molecule has 0 aromatic heterocycles. The molecule has 0 spiro atoms. The van der Waals surface area contributed by atoms with Crippen LogP contribution < -0.4 is 11.1 Å². The van der Waals surface area contributed by atoms with Crippen molar-refractivity contribution in [3.63, 3.8) is 0 Å². The van der Waals surface area contributed by atoms with Gasteiger partial charge in [0.05, 0.1) is 0 Å². The molecule has 1 aromatic rings. The van der Waals surface area contributed by atoms with Gasteiger partial charge in [0.1, 0.15) is 0 Å². The van der Waals surface area contributed by atoms with Crippen LogP contribution >= 0.6 is 11.8 Å².